The van der Waals surface area contributed by atoms with Gasteiger partial charge in [-0.1, -0.05) is 42.1 Å². The molecular weight excluding hydrogens is 655 g/mol. The largest absolute Gasteiger partial charge is 0.322 e. The summed E-state index contributed by atoms with van der Waals surface area (Å²) in [5.74, 6) is -1.54. The first kappa shape index (κ1) is 31.7. The van der Waals surface area contributed by atoms with Crippen LogP contribution >= 0.6 is 35.3 Å². The number of hydrogen-bond donors (Lipinski definition) is 2. The van der Waals surface area contributed by atoms with Gasteiger partial charge in [0.05, 0.1) is 25.7 Å². The molecule has 1 aliphatic rings. The average molecular weight is 680 g/mol. The fourth-order valence-corrected chi connectivity index (χ4v) is 7.57. The highest BCUT2D eigenvalue weighted by Crippen LogP contribution is 2.40. The third kappa shape index (κ3) is 6.68. The maximum Gasteiger partial charge on any atom is 0.283 e. The monoisotopic (exact) mass is 679 g/mol. The number of amides is 3. The number of fused-ring (bicyclic) bond motifs is 1. The molecule has 1 aromatic heterocycles. The van der Waals surface area contributed by atoms with Crippen LogP contribution in [-0.4, -0.2) is 32.7 Å². The average Bonchev–Trinajstić information content (AvgIpc) is 3.41. The Bertz CT molecular complexity index is 2170. The van der Waals surface area contributed by atoms with E-state index >= 15 is 0 Å². The van der Waals surface area contributed by atoms with Gasteiger partial charge in [-0.05, 0) is 104 Å². The van der Waals surface area contributed by atoms with E-state index < -0.39 is 16.7 Å². The van der Waals surface area contributed by atoms with Gasteiger partial charge in [-0.2, -0.15) is 0 Å². The molecule has 13 heteroatoms. The Kier molecular flexibility index (Phi) is 8.69. The van der Waals surface area contributed by atoms with Gasteiger partial charge in [0.15, 0.2) is 9.45 Å². The molecule has 3 amide bonds. The molecule has 6 rings (SSSR count). The van der Waals surface area contributed by atoms with Crippen molar-refractivity contribution in [2.24, 2.45) is 0 Å². The number of carbonyl (C=O) groups excluding carboxylic acids is 3. The predicted octanol–water partition coefficient (Wildman–Crippen LogP) is 7.36. The number of nitrogens with one attached hydrogen (secondary N) is 2. The number of thiocarbonyl (C=S) groups is 1. The first-order valence-electron chi connectivity index (χ1n) is 14.2. The van der Waals surface area contributed by atoms with Crippen molar-refractivity contribution in [1.82, 2.24) is 10.3 Å². The number of nitro groups is 1. The van der Waals surface area contributed by atoms with Crippen molar-refractivity contribution < 1.29 is 19.3 Å². The zero-order valence-corrected chi connectivity index (χ0v) is 27.6. The number of nitro benzene ring substituents is 1. The molecule has 234 valence electrons. The fourth-order valence-electron chi connectivity index (χ4n) is 5.14. The van der Waals surface area contributed by atoms with Crippen molar-refractivity contribution in [3.05, 3.63) is 122 Å². The van der Waals surface area contributed by atoms with Gasteiger partial charge in [-0.3, -0.25) is 34.7 Å². The van der Waals surface area contributed by atoms with Gasteiger partial charge < -0.3 is 5.32 Å². The first-order valence-corrected chi connectivity index (χ1v) is 16.2. The molecule has 0 atom stereocenters. The lowest BCUT2D eigenvalue weighted by Gasteiger charge is -2.29. The van der Waals surface area contributed by atoms with Gasteiger partial charge in [-0.15, -0.1) is 11.3 Å². The summed E-state index contributed by atoms with van der Waals surface area (Å²) >= 11 is 7.77. The van der Waals surface area contributed by atoms with E-state index in [-0.39, 0.29) is 22.3 Å². The Hall–Kier alpha value is -5.24. The summed E-state index contributed by atoms with van der Waals surface area (Å²) in [5.41, 5.74) is 4.96. The van der Waals surface area contributed by atoms with E-state index in [4.69, 9.17) is 12.2 Å². The number of hydrogen-bond acceptors (Lipinski definition) is 9. The number of aryl methyl sites for hydroxylation is 3. The summed E-state index contributed by atoms with van der Waals surface area (Å²) in [6.07, 6.45) is 1.32. The van der Waals surface area contributed by atoms with E-state index in [1.54, 1.807) is 42.5 Å². The summed E-state index contributed by atoms with van der Waals surface area (Å²) in [7, 11) is 0. The molecule has 4 aromatic carbocycles. The minimum atomic E-state index is -0.689. The van der Waals surface area contributed by atoms with Crippen LogP contribution in [0.1, 0.15) is 32.6 Å². The van der Waals surface area contributed by atoms with Crippen LogP contribution in [0.25, 0.3) is 16.3 Å². The molecule has 1 saturated heterocycles. The maximum atomic E-state index is 13.5. The van der Waals surface area contributed by atoms with E-state index in [1.807, 2.05) is 51.1 Å². The van der Waals surface area contributed by atoms with Crippen LogP contribution < -0.4 is 15.5 Å². The first-order chi connectivity index (χ1) is 22.5. The number of carbonyl (C=O) groups is 3. The zero-order chi connectivity index (χ0) is 33.4. The van der Waals surface area contributed by atoms with Crippen LogP contribution in [0.4, 0.5) is 17.1 Å². The van der Waals surface area contributed by atoms with Crippen molar-refractivity contribution in [3.8, 4) is 0 Å². The maximum absolute atomic E-state index is 13.5. The van der Waals surface area contributed by atoms with Gasteiger partial charge in [0, 0.05) is 17.3 Å². The highest BCUT2D eigenvalue weighted by atomic mass is 32.2. The molecule has 0 radical (unpaired) electrons. The summed E-state index contributed by atoms with van der Waals surface area (Å²) in [4.78, 5) is 56.9. The zero-order valence-electron chi connectivity index (χ0n) is 25.2. The molecule has 0 aliphatic carbocycles. The summed E-state index contributed by atoms with van der Waals surface area (Å²) in [6.45, 7) is 5.65. The highest BCUT2D eigenvalue weighted by Gasteiger charge is 2.35. The molecule has 0 unspecified atom stereocenters. The number of thiazole rings is 1. The minimum absolute atomic E-state index is 0.0449. The number of rotatable bonds is 7. The standard InChI is InChI=1S/C34H25N5O5S3/c1-18-12-19(2)14-23(13-18)38-32(42)25(31(41)37-33(38)45)15-21-8-11-28(27(16-21)39(43)44)46-34-36-26-10-9-22(17-29(26)47-34)35-30(40)24-7-5-4-6-20(24)3/h4-17H,1-3H3,(H,35,40)(H,37,41,45)/b25-15+. The molecule has 10 nitrogen and oxygen atoms in total. The van der Waals surface area contributed by atoms with Crippen LogP contribution in [0.15, 0.2) is 93.7 Å². The molecule has 1 aliphatic heterocycles. The summed E-state index contributed by atoms with van der Waals surface area (Å²) in [6, 6.07) is 22.7. The molecule has 0 spiro atoms. The minimum Gasteiger partial charge on any atom is -0.322 e. The Balaban J connectivity index is 1.25. The molecule has 1 fully saturated rings. The normalized spacial score (nSPS) is 14.1. The topological polar surface area (TPSA) is 135 Å². The van der Waals surface area contributed by atoms with E-state index in [9.17, 15) is 24.5 Å². The van der Waals surface area contributed by atoms with Crippen LogP contribution in [0.3, 0.4) is 0 Å². The van der Waals surface area contributed by atoms with E-state index in [2.05, 4.69) is 15.6 Å². The van der Waals surface area contributed by atoms with Crippen LogP contribution in [0.2, 0.25) is 0 Å². The Labute approximate surface area is 282 Å². The van der Waals surface area contributed by atoms with Crippen molar-refractivity contribution in [2.75, 3.05) is 10.2 Å². The number of aromatic nitrogens is 1. The van der Waals surface area contributed by atoms with Gasteiger partial charge in [-0.25, -0.2) is 4.98 Å². The van der Waals surface area contributed by atoms with E-state index in [0.717, 1.165) is 33.2 Å². The highest BCUT2D eigenvalue weighted by molar-refractivity contribution is 8.01. The second-order valence-electron chi connectivity index (χ2n) is 10.8. The predicted molar refractivity (Wildman–Crippen MR) is 188 cm³/mol. The molecule has 0 saturated carbocycles. The molecule has 0 bridgehead atoms. The Morgan fingerprint density at radius 2 is 1.77 bits per heavy atom. The SMILES string of the molecule is Cc1cc(C)cc(N2C(=O)/C(=C/c3ccc(Sc4nc5ccc(NC(=O)c6ccccc6C)cc5s4)c([N+](=O)[O-])c3)C(=O)NC2=S)c1. The Morgan fingerprint density at radius 1 is 1.02 bits per heavy atom. The van der Waals surface area contributed by atoms with Crippen molar-refractivity contribution in [2.45, 2.75) is 30.0 Å². The lowest BCUT2D eigenvalue weighted by atomic mass is 10.1. The number of benzene rings is 4. The summed E-state index contributed by atoms with van der Waals surface area (Å²) < 4.78 is 1.36. The second-order valence-corrected chi connectivity index (χ2v) is 13.5. The quantitative estimate of drug-likeness (QED) is 0.0599. The van der Waals surface area contributed by atoms with Crippen LogP contribution in [0.5, 0.6) is 0 Å². The number of anilines is 2. The number of nitrogens with zero attached hydrogens (tertiary/aromatic N) is 3. The van der Waals surface area contributed by atoms with Crippen molar-refractivity contribution in [1.29, 1.82) is 0 Å². The van der Waals surface area contributed by atoms with Gasteiger partial charge in [0.1, 0.15) is 5.57 Å². The van der Waals surface area contributed by atoms with Gasteiger partial charge >= 0.3 is 0 Å². The van der Waals surface area contributed by atoms with Crippen LogP contribution in [0, 0.1) is 30.9 Å². The van der Waals surface area contributed by atoms with Crippen LogP contribution in [-0.2, 0) is 9.59 Å². The lowest BCUT2D eigenvalue weighted by Crippen LogP contribution is -2.54. The van der Waals surface area contributed by atoms with Crippen molar-refractivity contribution >= 4 is 91.5 Å². The lowest BCUT2D eigenvalue weighted by molar-refractivity contribution is -0.387. The third-order valence-corrected chi connectivity index (χ3v) is 9.70. The summed E-state index contributed by atoms with van der Waals surface area (Å²) in [5, 5.41) is 17.6. The smallest absolute Gasteiger partial charge is 0.283 e. The van der Waals surface area contributed by atoms with E-state index in [1.165, 1.54) is 28.4 Å². The molecular formula is C34H25N5O5S3. The van der Waals surface area contributed by atoms with Gasteiger partial charge in [0.2, 0.25) is 0 Å². The molecule has 5 aromatic rings. The third-order valence-electron chi connectivity index (χ3n) is 7.27. The fraction of sp³-hybridized carbons (Fsp3) is 0.0882. The second kappa shape index (κ2) is 12.9. The molecule has 2 heterocycles. The molecule has 47 heavy (non-hydrogen) atoms. The molecule has 2 N–H and O–H groups in total. The van der Waals surface area contributed by atoms with E-state index in [0.29, 0.717) is 37.3 Å². The Morgan fingerprint density at radius 3 is 2.49 bits per heavy atom. The van der Waals surface area contributed by atoms with Crippen molar-refractivity contribution in [3.63, 3.8) is 0 Å². The van der Waals surface area contributed by atoms with Gasteiger partial charge in [0.25, 0.3) is 23.4 Å².